The minimum absolute atomic E-state index is 0.00716. The van der Waals surface area contributed by atoms with E-state index in [1.807, 2.05) is 0 Å². The number of carbonyl (C=O) groups is 4. The average Bonchev–Trinajstić information content (AvgIpc) is 3.40. The van der Waals surface area contributed by atoms with Crippen LogP contribution >= 0.6 is 0 Å². The second kappa shape index (κ2) is 9.98. The van der Waals surface area contributed by atoms with Gasteiger partial charge in [-0.3, -0.25) is 19.2 Å². The fraction of sp³-hybridized carbons (Fsp3) is 0.821. The Balaban J connectivity index is 1.65. The number of Topliss-reactive ketones (excluding diaryl/α,β-unsaturated/α-hetero) is 1. The van der Waals surface area contributed by atoms with E-state index in [0.29, 0.717) is 6.42 Å². The molecule has 12 heteroatoms. The van der Waals surface area contributed by atoms with E-state index in [9.17, 15) is 37.6 Å². The monoisotopic (exact) mass is 570 g/mol. The Morgan fingerprint density at radius 1 is 1.05 bits per heavy atom. The van der Waals surface area contributed by atoms with E-state index in [2.05, 4.69) is 11.4 Å². The van der Waals surface area contributed by atoms with Crippen LogP contribution in [0.25, 0.3) is 0 Å². The Hall–Kier alpha value is -2.71. The summed E-state index contributed by atoms with van der Waals surface area (Å²) in [5.74, 6) is -7.36. The molecule has 2 heterocycles. The van der Waals surface area contributed by atoms with Crippen molar-refractivity contribution in [3.8, 4) is 6.07 Å². The summed E-state index contributed by atoms with van der Waals surface area (Å²) in [6.45, 7) is 7.80. The van der Waals surface area contributed by atoms with E-state index in [1.54, 1.807) is 20.8 Å². The van der Waals surface area contributed by atoms with Crippen molar-refractivity contribution in [3.63, 3.8) is 0 Å². The van der Waals surface area contributed by atoms with Gasteiger partial charge in [-0.05, 0) is 56.8 Å². The number of nitrogens with one attached hydrogen (secondary N) is 1. The first kappa shape index (κ1) is 30.3. The number of rotatable bonds is 5. The Bertz CT molecular complexity index is 1120. The summed E-state index contributed by atoms with van der Waals surface area (Å²) >= 11 is 0. The summed E-state index contributed by atoms with van der Waals surface area (Å²) in [5.41, 5.74) is -5.38. The fourth-order valence-electron chi connectivity index (χ4n) is 6.87. The van der Waals surface area contributed by atoms with Crippen LogP contribution in [0.15, 0.2) is 0 Å². The molecule has 4 rings (SSSR count). The molecule has 0 radical (unpaired) electrons. The molecular weight excluding hydrogens is 532 g/mol. The molecule has 0 spiro atoms. The SMILES string of the molecule is CC(=O)[C@H]1C[C@@H](C#N)N(C(=O)[C@@H]2[C@H]3C[C@@](C)(F)CCC3CN2C(=O)[C@@H](NC(=O)C2(F)CC(F)(F)C2)C(C)(C)C)C1. The van der Waals surface area contributed by atoms with Crippen molar-refractivity contribution in [2.45, 2.75) is 109 Å². The lowest BCUT2D eigenvalue weighted by Gasteiger charge is -2.42. The third-order valence-corrected chi connectivity index (χ3v) is 9.19. The van der Waals surface area contributed by atoms with Crippen LogP contribution in [0.1, 0.15) is 73.1 Å². The quantitative estimate of drug-likeness (QED) is 0.510. The van der Waals surface area contributed by atoms with Crippen LogP contribution in [-0.2, 0) is 19.2 Å². The molecule has 1 unspecified atom stereocenters. The van der Waals surface area contributed by atoms with Gasteiger partial charge in [0.25, 0.3) is 11.8 Å². The Kier molecular flexibility index (Phi) is 7.55. The van der Waals surface area contributed by atoms with E-state index in [-0.39, 0.29) is 44.1 Å². The lowest BCUT2D eigenvalue weighted by atomic mass is 9.72. The first-order valence-corrected chi connectivity index (χ1v) is 13.9. The number of hydrogen-bond acceptors (Lipinski definition) is 5. The van der Waals surface area contributed by atoms with Gasteiger partial charge in [-0.25, -0.2) is 17.6 Å². The first-order chi connectivity index (χ1) is 18.3. The summed E-state index contributed by atoms with van der Waals surface area (Å²) in [5, 5.41) is 12.1. The maximum absolute atomic E-state index is 15.2. The van der Waals surface area contributed by atoms with Gasteiger partial charge >= 0.3 is 0 Å². The van der Waals surface area contributed by atoms with Crippen molar-refractivity contribution in [3.05, 3.63) is 0 Å². The molecule has 0 bridgehead atoms. The minimum Gasteiger partial charge on any atom is -0.341 e. The molecule has 2 saturated heterocycles. The third kappa shape index (κ3) is 5.57. The highest BCUT2D eigenvalue weighted by molar-refractivity contribution is 5.96. The number of amides is 3. The fourth-order valence-corrected chi connectivity index (χ4v) is 6.87. The molecule has 0 aromatic rings. The van der Waals surface area contributed by atoms with Gasteiger partial charge in [-0.1, -0.05) is 20.8 Å². The summed E-state index contributed by atoms with van der Waals surface area (Å²) in [7, 11) is 0. The second-order valence-electron chi connectivity index (χ2n) is 13.6. The summed E-state index contributed by atoms with van der Waals surface area (Å²) < 4.78 is 57.0. The molecule has 4 aliphatic rings. The molecule has 0 aromatic carbocycles. The molecule has 7 atom stereocenters. The van der Waals surface area contributed by atoms with Gasteiger partial charge in [0.1, 0.15) is 29.6 Å². The van der Waals surface area contributed by atoms with Crippen molar-refractivity contribution in [1.82, 2.24) is 15.1 Å². The highest BCUT2D eigenvalue weighted by Crippen LogP contribution is 2.49. The van der Waals surface area contributed by atoms with Gasteiger partial charge in [0.15, 0.2) is 5.67 Å². The summed E-state index contributed by atoms with van der Waals surface area (Å²) in [6.07, 6.45) is -1.72. The smallest absolute Gasteiger partial charge is 0.258 e. The van der Waals surface area contributed by atoms with Gasteiger partial charge in [-0.15, -0.1) is 0 Å². The standard InChI is InChI=1S/C28H38F4N4O4/c1-15(37)17-8-18(10-33)35(12-17)22(38)20-19-9-26(5,29)7-6-16(19)11-36(20)23(39)21(25(2,3)4)34-24(40)27(30)13-28(31,32)14-27/h16-21H,6-9,11-14H2,1-5H3,(H,34,40)/t16?,17-,18-,19-,20-,21+,26-/m0/s1. The molecule has 222 valence electrons. The van der Waals surface area contributed by atoms with Crippen LogP contribution in [0.4, 0.5) is 17.6 Å². The second-order valence-corrected chi connectivity index (χ2v) is 13.6. The highest BCUT2D eigenvalue weighted by Gasteiger charge is 2.63. The number of halogens is 4. The number of alkyl halides is 4. The average molecular weight is 571 g/mol. The van der Waals surface area contributed by atoms with Crippen LogP contribution in [-0.4, -0.2) is 81.8 Å². The zero-order valence-electron chi connectivity index (χ0n) is 23.6. The first-order valence-electron chi connectivity index (χ1n) is 13.9. The molecule has 1 N–H and O–H groups in total. The lowest BCUT2D eigenvalue weighted by molar-refractivity contribution is -0.185. The van der Waals surface area contributed by atoms with E-state index in [0.717, 1.165) is 0 Å². The highest BCUT2D eigenvalue weighted by atomic mass is 19.3. The zero-order chi connectivity index (χ0) is 30.0. The summed E-state index contributed by atoms with van der Waals surface area (Å²) in [6, 6.07) is -1.33. The minimum atomic E-state index is -3.31. The normalized spacial score (nSPS) is 35.2. The van der Waals surface area contributed by atoms with Crippen molar-refractivity contribution >= 4 is 23.5 Å². The van der Waals surface area contributed by atoms with Crippen LogP contribution in [0.5, 0.6) is 0 Å². The Morgan fingerprint density at radius 3 is 2.20 bits per heavy atom. The molecule has 40 heavy (non-hydrogen) atoms. The van der Waals surface area contributed by atoms with Crippen LogP contribution in [0.2, 0.25) is 0 Å². The molecule has 2 aliphatic heterocycles. The van der Waals surface area contributed by atoms with Gasteiger partial charge < -0.3 is 15.1 Å². The Labute approximate surface area is 231 Å². The van der Waals surface area contributed by atoms with Crippen LogP contribution < -0.4 is 5.32 Å². The number of nitrogens with zero attached hydrogens (tertiary/aromatic N) is 3. The zero-order valence-corrected chi connectivity index (χ0v) is 23.6. The molecular formula is C28H38F4N4O4. The number of likely N-dealkylation sites (tertiary alicyclic amines) is 2. The number of ketones is 1. The number of hydrogen-bond donors (Lipinski definition) is 1. The number of fused-ring (bicyclic) bond motifs is 1. The Morgan fingerprint density at radius 2 is 1.68 bits per heavy atom. The lowest BCUT2D eigenvalue weighted by Crippen LogP contribution is -2.64. The van der Waals surface area contributed by atoms with Crippen molar-refractivity contribution in [2.75, 3.05) is 13.1 Å². The number of nitriles is 1. The van der Waals surface area contributed by atoms with Crippen LogP contribution in [0, 0.1) is 34.5 Å². The topological polar surface area (TPSA) is 111 Å². The van der Waals surface area contributed by atoms with E-state index < -0.39 is 83.2 Å². The summed E-state index contributed by atoms with van der Waals surface area (Å²) in [4.78, 5) is 55.6. The maximum atomic E-state index is 15.2. The van der Waals surface area contributed by atoms with Crippen molar-refractivity contribution in [2.24, 2.45) is 23.2 Å². The molecule has 2 aliphatic carbocycles. The van der Waals surface area contributed by atoms with Crippen molar-refractivity contribution in [1.29, 1.82) is 5.26 Å². The molecule has 3 amide bonds. The van der Waals surface area contributed by atoms with Gasteiger partial charge in [0.2, 0.25) is 11.8 Å². The van der Waals surface area contributed by atoms with Gasteiger partial charge in [-0.2, -0.15) is 5.26 Å². The van der Waals surface area contributed by atoms with Crippen LogP contribution in [0.3, 0.4) is 0 Å². The maximum Gasteiger partial charge on any atom is 0.258 e. The van der Waals surface area contributed by atoms with E-state index in [1.165, 1.54) is 23.6 Å². The molecule has 8 nitrogen and oxygen atoms in total. The van der Waals surface area contributed by atoms with Gasteiger partial charge in [0, 0.05) is 19.0 Å². The predicted molar refractivity (Wildman–Crippen MR) is 135 cm³/mol. The van der Waals surface area contributed by atoms with Crippen molar-refractivity contribution < 1.29 is 36.7 Å². The van der Waals surface area contributed by atoms with E-state index >= 15 is 4.39 Å². The molecule has 0 aromatic heterocycles. The third-order valence-electron chi connectivity index (χ3n) is 9.19. The van der Waals surface area contributed by atoms with Gasteiger partial charge in [0.05, 0.1) is 18.9 Å². The largest absolute Gasteiger partial charge is 0.341 e. The molecule has 4 fully saturated rings. The van der Waals surface area contributed by atoms with E-state index in [4.69, 9.17) is 0 Å². The number of carbonyl (C=O) groups excluding carboxylic acids is 4. The predicted octanol–water partition coefficient (Wildman–Crippen LogP) is 3.34. The molecule has 2 saturated carbocycles.